The van der Waals surface area contributed by atoms with Crippen molar-refractivity contribution >= 4 is 17.6 Å². The Bertz CT molecular complexity index is 1050. The summed E-state index contributed by atoms with van der Waals surface area (Å²) >= 11 is 1.39. The molecule has 138 valence electrons. The minimum absolute atomic E-state index is 0.137. The topological polar surface area (TPSA) is 99.4 Å². The molecule has 2 N–H and O–H groups in total. The molecule has 5 nitrogen and oxygen atoms in total. The van der Waals surface area contributed by atoms with Crippen LogP contribution in [0.3, 0.4) is 0 Å². The first-order valence-corrected chi connectivity index (χ1v) is 9.92. The van der Waals surface area contributed by atoms with Gasteiger partial charge in [-0.05, 0) is 29.7 Å². The van der Waals surface area contributed by atoms with E-state index >= 15 is 0 Å². The molecule has 28 heavy (non-hydrogen) atoms. The number of thioether (sulfide) groups is 1. The second kappa shape index (κ2) is 9.03. The predicted octanol–water partition coefficient (Wildman–Crippen LogP) is 4.71. The summed E-state index contributed by atoms with van der Waals surface area (Å²) in [5.41, 5.74) is 10.1. The molecule has 3 rings (SSSR count). The summed E-state index contributed by atoms with van der Waals surface area (Å²) in [5, 5.41) is 20.0. The normalized spacial score (nSPS) is 10.2. The number of nitrogens with zero attached hydrogens (tertiary/aromatic N) is 4. The van der Waals surface area contributed by atoms with E-state index in [4.69, 9.17) is 5.73 Å². The summed E-state index contributed by atoms with van der Waals surface area (Å²) in [6.07, 6.45) is 3.77. The molecule has 0 radical (unpaired) electrons. The van der Waals surface area contributed by atoms with E-state index in [0.29, 0.717) is 21.9 Å². The standard InChI is InChI=1S/C22H19N5S/c1-2-5-15-7-9-16(10-8-15)20-18(12-23)21(25)27-22(19(20)13-24)28-14-17-6-3-4-11-26-17/h3-4,6-11H,2,5,14H2,1H3,(H2,25,27). The molecule has 6 heteroatoms. The highest BCUT2D eigenvalue weighted by Crippen LogP contribution is 2.36. The van der Waals surface area contributed by atoms with Gasteiger partial charge in [0.25, 0.3) is 0 Å². The van der Waals surface area contributed by atoms with Crippen LogP contribution >= 0.6 is 11.8 Å². The molecule has 2 heterocycles. The molecule has 0 atom stereocenters. The average molecular weight is 385 g/mol. The predicted molar refractivity (Wildman–Crippen MR) is 111 cm³/mol. The van der Waals surface area contributed by atoms with Gasteiger partial charge in [0.2, 0.25) is 0 Å². The number of nitriles is 2. The Morgan fingerprint density at radius 2 is 1.79 bits per heavy atom. The molecule has 3 aromatic rings. The number of aromatic nitrogens is 2. The van der Waals surface area contributed by atoms with Crippen LogP contribution in [0, 0.1) is 22.7 Å². The lowest BCUT2D eigenvalue weighted by molar-refractivity contribution is 0.922. The maximum atomic E-state index is 9.84. The summed E-state index contributed by atoms with van der Waals surface area (Å²) in [5.74, 6) is 0.695. The van der Waals surface area contributed by atoms with E-state index in [2.05, 4.69) is 29.0 Å². The van der Waals surface area contributed by atoms with E-state index in [1.165, 1.54) is 17.3 Å². The fraction of sp³-hybridized carbons (Fsp3) is 0.182. The quantitative estimate of drug-likeness (QED) is 0.617. The van der Waals surface area contributed by atoms with Gasteiger partial charge in [0.15, 0.2) is 0 Å². The van der Waals surface area contributed by atoms with Gasteiger partial charge in [-0.25, -0.2) is 4.98 Å². The zero-order valence-electron chi connectivity index (χ0n) is 15.5. The van der Waals surface area contributed by atoms with E-state index in [-0.39, 0.29) is 11.4 Å². The van der Waals surface area contributed by atoms with Crippen LogP contribution < -0.4 is 5.73 Å². The molecule has 0 aliphatic rings. The van der Waals surface area contributed by atoms with E-state index in [1.54, 1.807) is 6.20 Å². The Hall–Kier alpha value is -3.35. The zero-order chi connectivity index (χ0) is 19.9. The maximum absolute atomic E-state index is 9.84. The van der Waals surface area contributed by atoms with Gasteiger partial charge in [-0.3, -0.25) is 4.98 Å². The number of hydrogen-bond donors (Lipinski definition) is 1. The summed E-state index contributed by atoms with van der Waals surface area (Å²) in [4.78, 5) is 8.63. The first-order chi connectivity index (χ1) is 13.7. The van der Waals surface area contributed by atoms with Crippen LogP contribution in [-0.4, -0.2) is 9.97 Å². The molecule has 0 fully saturated rings. The van der Waals surface area contributed by atoms with Gasteiger partial charge in [0.05, 0.1) is 11.3 Å². The van der Waals surface area contributed by atoms with Crippen LogP contribution in [0.4, 0.5) is 5.82 Å². The third-order valence-electron chi connectivity index (χ3n) is 4.28. The Morgan fingerprint density at radius 3 is 2.39 bits per heavy atom. The van der Waals surface area contributed by atoms with Gasteiger partial charge >= 0.3 is 0 Å². The third kappa shape index (κ3) is 4.14. The van der Waals surface area contributed by atoms with Crippen LogP contribution in [0.2, 0.25) is 0 Å². The lowest BCUT2D eigenvalue weighted by atomic mass is 9.95. The molecule has 0 aliphatic carbocycles. The molecule has 0 saturated carbocycles. The van der Waals surface area contributed by atoms with Crippen molar-refractivity contribution in [3.05, 3.63) is 71.0 Å². The molecule has 0 saturated heterocycles. The van der Waals surface area contributed by atoms with E-state index in [9.17, 15) is 10.5 Å². The van der Waals surface area contributed by atoms with Gasteiger partial charge < -0.3 is 5.73 Å². The van der Waals surface area contributed by atoms with E-state index < -0.39 is 0 Å². The molecular formula is C22H19N5S. The number of rotatable bonds is 6. The van der Waals surface area contributed by atoms with Gasteiger partial charge in [0.1, 0.15) is 28.5 Å². The molecule has 0 unspecified atom stereocenters. The SMILES string of the molecule is CCCc1ccc(-c2c(C#N)c(N)nc(SCc3ccccn3)c2C#N)cc1. The smallest absolute Gasteiger partial charge is 0.143 e. The Kier molecular flexibility index (Phi) is 6.26. The number of nitrogen functional groups attached to an aromatic ring is 1. The largest absolute Gasteiger partial charge is 0.383 e. The second-order valence-electron chi connectivity index (χ2n) is 6.21. The average Bonchev–Trinajstić information content (AvgIpc) is 2.73. The Labute approximate surface area is 168 Å². The fourth-order valence-corrected chi connectivity index (χ4v) is 3.85. The first kappa shape index (κ1) is 19.4. The number of anilines is 1. The minimum atomic E-state index is 0.137. The van der Waals surface area contributed by atoms with E-state index in [0.717, 1.165) is 24.1 Å². The van der Waals surface area contributed by atoms with Crippen molar-refractivity contribution < 1.29 is 0 Å². The fourth-order valence-electron chi connectivity index (χ4n) is 2.94. The molecule has 0 spiro atoms. The number of aryl methyl sites for hydroxylation is 1. The zero-order valence-corrected chi connectivity index (χ0v) is 16.3. The second-order valence-corrected chi connectivity index (χ2v) is 7.17. The van der Waals surface area contributed by atoms with Crippen molar-refractivity contribution in [1.82, 2.24) is 9.97 Å². The Balaban J connectivity index is 2.06. The lowest BCUT2D eigenvalue weighted by Gasteiger charge is -2.13. The first-order valence-electron chi connectivity index (χ1n) is 8.93. The van der Waals surface area contributed by atoms with Crippen molar-refractivity contribution in [2.24, 2.45) is 0 Å². The highest BCUT2D eigenvalue weighted by Gasteiger charge is 2.20. The van der Waals surface area contributed by atoms with Crippen molar-refractivity contribution in [2.75, 3.05) is 5.73 Å². The van der Waals surface area contributed by atoms with Crippen LogP contribution in [0.5, 0.6) is 0 Å². The highest BCUT2D eigenvalue weighted by molar-refractivity contribution is 7.98. The van der Waals surface area contributed by atoms with Gasteiger partial charge in [-0.1, -0.05) is 55.4 Å². The van der Waals surface area contributed by atoms with Crippen LogP contribution in [0.1, 0.15) is 35.7 Å². The molecular weight excluding hydrogens is 366 g/mol. The summed E-state index contributed by atoms with van der Waals surface area (Å²) in [7, 11) is 0. The van der Waals surface area contributed by atoms with Gasteiger partial charge in [-0.2, -0.15) is 10.5 Å². The Morgan fingerprint density at radius 1 is 1.04 bits per heavy atom. The summed E-state index contributed by atoms with van der Waals surface area (Å²) in [6.45, 7) is 2.13. The minimum Gasteiger partial charge on any atom is -0.383 e. The number of benzene rings is 1. The van der Waals surface area contributed by atoms with Crippen molar-refractivity contribution in [3.63, 3.8) is 0 Å². The van der Waals surface area contributed by atoms with Crippen LogP contribution in [0.25, 0.3) is 11.1 Å². The van der Waals surface area contributed by atoms with Gasteiger partial charge in [-0.15, -0.1) is 0 Å². The van der Waals surface area contributed by atoms with Crippen molar-refractivity contribution in [2.45, 2.75) is 30.5 Å². The summed E-state index contributed by atoms with van der Waals surface area (Å²) in [6, 6.07) is 18.0. The van der Waals surface area contributed by atoms with Crippen molar-refractivity contribution in [3.8, 4) is 23.3 Å². The number of pyridine rings is 2. The molecule has 1 aromatic carbocycles. The van der Waals surface area contributed by atoms with Crippen LogP contribution in [-0.2, 0) is 12.2 Å². The van der Waals surface area contributed by atoms with E-state index in [1.807, 2.05) is 42.5 Å². The van der Waals surface area contributed by atoms with Gasteiger partial charge in [0, 0.05) is 17.5 Å². The van der Waals surface area contributed by atoms with Crippen LogP contribution in [0.15, 0.2) is 53.7 Å². The summed E-state index contributed by atoms with van der Waals surface area (Å²) < 4.78 is 0. The van der Waals surface area contributed by atoms with Crippen molar-refractivity contribution in [1.29, 1.82) is 10.5 Å². The third-order valence-corrected chi connectivity index (χ3v) is 5.29. The maximum Gasteiger partial charge on any atom is 0.143 e. The highest BCUT2D eigenvalue weighted by atomic mass is 32.2. The number of hydrogen-bond acceptors (Lipinski definition) is 6. The number of nitrogens with two attached hydrogens (primary N) is 1. The molecule has 0 bridgehead atoms. The molecule has 0 amide bonds. The monoisotopic (exact) mass is 385 g/mol. The molecule has 0 aliphatic heterocycles. The lowest BCUT2D eigenvalue weighted by Crippen LogP contribution is -2.03. The molecule has 2 aromatic heterocycles.